The minimum Gasteiger partial charge on any atom is -0.469 e. The van der Waals surface area contributed by atoms with E-state index in [2.05, 4.69) is 5.32 Å². The van der Waals surface area contributed by atoms with Crippen molar-refractivity contribution in [2.45, 2.75) is 38.6 Å². The lowest BCUT2D eigenvalue weighted by Gasteiger charge is -2.15. The highest BCUT2D eigenvalue weighted by Gasteiger charge is 2.30. The van der Waals surface area contributed by atoms with Gasteiger partial charge in [0, 0.05) is 30.9 Å². The van der Waals surface area contributed by atoms with Crippen molar-refractivity contribution in [3.8, 4) is 0 Å². The quantitative estimate of drug-likeness (QED) is 0.820. The van der Waals surface area contributed by atoms with Gasteiger partial charge in [-0.15, -0.1) is 0 Å². The molecule has 1 aliphatic rings. The first-order valence-electron chi connectivity index (χ1n) is 8.33. The number of amides is 3. The van der Waals surface area contributed by atoms with E-state index >= 15 is 0 Å². The number of aryl methyl sites for hydroxylation is 1. The minimum absolute atomic E-state index is 0.000913. The molecular weight excluding hydrogens is 320 g/mol. The zero-order valence-corrected chi connectivity index (χ0v) is 14.0. The molecule has 3 rings (SSSR count). The summed E-state index contributed by atoms with van der Waals surface area (Å²) in [5.74, 6) is 0.311. The zero-order chi connectivity index (χ0) is 17.8. The Labute approximate surface area is 145 Å². The van der Waals surface area contributed by atoms with Gasteiger partial charge < -0.3 is 9.73 Å². The Bertz CT molecular complexity index is 749. The van der Waals surface area contributed by atoms with Crippen LogP contribution in [0.3, 0.4) is 0 Å². The van der Waals surface area contributed by atoms with E-state index < -0.39 is 0 Å². The Morgan fingerprint density at radius 3 is 2.44 bits per heavy atom. The first-order valence-corrected chi connectivity index (χ1v) is 8.33. The standard InChI is InChI=1S/C19H20N2O4/c1-13(4-9-16-3-2-12-25-16)20-19(24)14-5-7-15(8-6-14)21-17(22)10-11-18(21)23/h2-3,5-8,12-13H,4,9-11H2,1H3,(H,20,24)/t13-/m1/s1. The van der Waals surface area contributed by atoms with Gasteiger partial charge in [0.05, 0.1) is 12.0 Å². The molecule has 1 aliphatic heterocycles. The second-order valence-electron chi connectivity index (χ2n) is 6.16. The van der Waals surface area contributed by atoms with Crippen molar-refractivity contribution in [3.05, 3.63) is 54.0 Å². The van der Waals surface area contributed by atoms with Crippen LogP contribution in [-0.4, -0.2) is 23.8 Å². The molecule has 3 amide bonds. The smallest absolute Gasteiger partial charge is 0.251 e. The Kier molecular flexibility index (Phi) is 4.97. The van der Waals surface area contributed by atoms with E-state index in [0.29, 0.717) is 11.3 Å². The number of carbonyl (C=O) groups excluding carboxylic acids is 3. The molecule has 6 heteroatoms. The monoisotopic (exact) mass is 340 g/mol. The number of benzene rings is 1. The minimum atomic E-state index is -0.200. The summed E-state index contributed by atoms with van der Waals surface area (Å²) in [6.45, 7) is 1.94. The van der Waals surface area contributed by atoms with Gasteiger partial charge in [0.2, 0.25) is 11.8 Å². The van der Waals surface area contributed by atoms with Crippen LogP contribution < -0.4 is 10.2 Å². The second-order valence-corrected chi connectivity index (χ2v) is 6.16. The van der Waals surface area contributed by atoms with Crippen LogP contribution in [0, 0.1) is 0 Å². The van der Waals surface area contributed by atoms with Crippen LogP contribution in [0.15, 0.2) is 47.1 Å². The maximum atomic E-state index is 12.3. The molecule has 0 bridgehead atoms. The molecule has 130 valence electrons. The number of hydrogen-bond donors (Lipinski definition) is 1. The normalized spacial score (nSPS) is 15.5. The number of furan rings is 1. The van der Waals surface area contributed by atoms with E-state index in [1.165, 1.54) is 4.90 Å². The highest BCUT2D eigenvalue weighted by Crippen LogP contribution is 2.22. The summed E-state index contributed by atoms with van der Waals surface area (Å²) in [7, 11) is 0. The molecule has 1 aromatic carbocycles. The van der Waals surface area contributed by atoms with Crippen LogP contribution in [0.5, 0.6) is 0 Å². The van der Waals surface area contributed by atoms with Crippen molar-refractivity contribution in [3.63, 3.8) is 0 Å². The summed E-state index contributed by atoms with van der Waals surface area (Å²) in [5, 5.41) is 2.94. The molecule has 1 saturated heterocycles. The van der Waals surface area contributed by atoms with Gasteiger partial charge in [-0.05, 0) is 49.7 Å². The van der Waals surface area contributed by atoms with Crippen LogP contribution >= 0.6 is 0 Å². The third-order valence-electron chi connectivity index (χ3n) is 4.22. The third-order valence-corrected chi connectivity index (χ3v) is 4.22. The molecule has 0 saturated carbocycles. The lowest BCUT2D eigenvalue weighted by Crippen LogP contribution is -2.33. The number of carbonyl (C=O) groups is 3. The SMILES string of the molecule is C[C@H](CCc1ccco1)NC(=O)c1ccc(N2C(=O)CCC2=O)cc1. The average molecular weight is 340 g/mol. The molecule has 1 atom stereocenters. The highest BCUT2D eigenvalue weighted by atomic mass is 16.3. The van der Waals surface area contributed by atoms with Crippen molar-refractivity contribution in [2.75, 3.05) is 4.90 Å². The highest BCUT2D eigenvalue weighted by molar-refractivity contribution is 6.19. The number of imide groups is 1. The average Bonchev–Trinajstić information content (AvgIpc) is 3.23. The van der Waals surface area contributed by atoms with E-state index in [9.17, 15) is 14.4 Å². The molecule has 25 heavy (non-hydrogen) atoms. The summed E-state index contributed by atoms with van der Waals surface area (Å²) in [6, 6.07) is 10.3. The van der Waals surface area contributed by atoms with Crippen LogP contribution in [-0.2, 0) is 16.0 Å². The van der Waals surface area contributed by atoms with Crippen LogP contribution in [0.2, 0.25) is 0 Å². The van der Waals surface area contributed by atoms with Gasteiger partial charge in [0.15, 0.2) is 0 Å². The maximum Gasteiger partial charge on any atom is 0.251 e. The summed E-state index contributed by atoms with van der Waals surface area (Å²) >= 11 is 0. The topological polar surface area (TPSA) is 79.6 Å². The molecule has 6 nitrogen and oxygen atoms in total. The third kappa shape index (κ3) is 3.96. The van der Waals surface area contributed by atoms with Gasteiger partial charge in [-0.3, -0.25) is 19.3 Å². The van der Waals surface area contributed by atoms with Crippen molar-refractivity contribution in [1.82, 2.24) is 5.32 Å². The number of rotatable bonds is 6. The summed E-state index contributed by atoms with van der Waals surface area (Å²) in [4.78, 5) is 36.9. The Hall–Kier alpha value is -2.89. The van der Waals surface area contributed by atoms with Gasteiger partial charge in [0.25, 0.3) is 5.91 Å². The number of nitrogens with zero attached hydrogens (tertiary/aromatic N) is 1. The molecular formula is C19H20N2O4. The fourth-order valence-electron chi connectivity index (χ4n) is 2.82. The fourth-order valence-corrected chi connectivity index (χ4v) is 2.82. The van der Waals surface area contributed by atoms with Crippen LogP contribution in [0.1, 0.15) is 42.3 Å². The molecule has 2 aromatic rings. The van der Waals surface area contributed by atoms with Crippen molar-refractivity contribution in [1.29, 1.82) is 0 Å². The van der Waals surface area contributed by atoms with Crippen LogP contribution in [0.25, 0.3) is 0 Å². The molecule has 1 N–H and O–H groups in total. The molecule has 0 unspecified atom stereocenters. The van der Waals surface area contributed by atoms with Gasteiger partial charge in [0.1, 0.15) is 5.76 Å². The molecule has 1 aromatic heterocycles. The fraction of sp³-hybridized carbons (Fsp3) is 0.316. The van der Waals surface area contributed by atoms with E-state index in [0.717, 1.165) is 18.6 Å². The Morgan fingerprint density at radius 2 is 1.84 bits per heavy atom. The second kappa shape index (κ2) is 7.34. The van der Waals surface area contributed by atoms with Crippen molar-refractivity contribution in [2.24, 2.45) is 0 Å². The van der Waals surface area contributed by atoms with E-state index in [4.69, 9.17) is 4.42 Å². The number of anilines is 1. The van der Waals surface area contributed by atoms with Gasteiger partial charge in [-0.25, -0.2) is 0 Å². The van der Waals surface area contributed by atoms with Crippen molar-refractivity contribution < 1.29 is 18.8 Å². The van der Waals surface area contributed by atoms with Crippen LogP contribution in [0.4, 0.5) is 5.69 Å². The predicted octanol–water partition coefficient (Wildman–Crippen LogP) is 2.68. The van der Waals surface area contributed by atoms with E-state index in [1.807, 2.05) is 19.1 Å². The van der Waals surface area contributed by atoms with E-state index in [-0.39, 0.29) is 36.6 Å². The van der Waals surface area contributed by atoms with Gasteiger partial charge in [-0.2, -0.15) is 0 Å². The summed E-state index contributed by atoms with van der Waals surface area (Å²) in [5.41, 5.74) is 1.00. The Balaban J connectivity index is 1.57. The molecule has 2 heterocycles. The zero-order valence-electron chi connectivity index (χ0n) is 14.0. The first kappa shape index (κ1) is 17.0. The molecule has 1 fully saturated rings. The molecule has 0 spiro atoms. The first-order chi connectivity index (χ1) is 12.0. The molecule has 0 aliphatic carbocycles. The summed E-state index contributed by atoms with van der Waals surface area (Å²) in [6.07, 6.45) is 3.65. The number of hydrogen-bond acceptors (Lipinski definition) is 4. The van der Waals surface area contributed by atoms with Crippen molar-refractivity contribution >= 4 is 23.4 Å². The van der Waals surface area contributed by atoms with Gasteiger partial charge >= 0.3 is 0 Å². The lowest BCUT2D eigenvalue weighted by molar-refractivity contribution is -0.121. The summed E-state index contributed by atoms with van der Waals surface area (Å²) < 4.78 is 5.28. The van der Waals surface area contributed by atoms with Gasteiger partial charge in [-0.1, -0.05) is 0 Å². The lowest BCUT2D eigenvalue weighted by atomic mass is 10.1. The number of nitrogens with one attached hydrogen (secondary N) is 1. The largest absolute Gasteiger partial charge is 0.469 e. The predicted molar refractivity (Wildman–Crippen MR) is 92.1 cm³/mol. The maximum absolute atomic E-state index is 12.3. The molecule has 0 radical (unpaired) electrons. The van der Waals surface area contributed by atoms with E-state index in [1.54, 1.807) is 30.5 Å². The Morgan fingerprint density at radius 1 is 1.16 bits per heavy atom.